The van der Waals surface area contributed by atoms with Gasteiger partial charge in [0, 0.05) is 6.07 Å². The molecular weight excluding hydrogens is 330 g/mol. The molecule has 0 aliphatic carbocycles. The molecule has 2 rings (SSSR count). The van der Waals surface area contributed by atoms with E-state index in [1.54, 1.807) is 33.3 Å². The average molecular weight is 357 g/mol. The van der Waals surface area contributed by atoms with Crippen LogP contribution in [0.2, 0.25) is 0 Å². The molecule has 2 atom stereocenters. The molecule has 26 heavy (non-hydrogen) atoms. The summed E-state index contributed by atoms with van der Waals surface area (Å²) in [6.07, 6.45) is 0.166. The summed E-state index contributed by atoms with van der Waals surface area (Å²) in [6.45, 7) is 5.77. The number of carbonyl (C=O) groups excluding carboxylic acids is 1. The lowest BCUT2D eigenvalue weighted by Crippen LogP contribution is -2.38. The predicted molar refractivity (Wildman–Crippen MR) is 102 cm³/mol. The molecule has 0 aliphatic heterocycles. The Kier molecular flexibility index (Phi) is 6.89. The van der Waals surface area contributed by atoms with Gasteiger partial charge >= 0.3 is 0 Å². The molecule has 140 valence electrons. The van der Waals surface area contributed by atoms with Gasteiger partial charge in [0.1, 0.15) is 17.2 Å². The van der Waals surface area contributed by atoms with E-state index in [1.807, 2.05) is 44.2 Å². The molecule has 1 N–H and O–H groups in total. The van der Waals surface area contributed by atoms with Gasteiger partial charge in [0.2, 0.25) is 0 Å². The third kappa shape index (κ3) is 4.91. The highest BCUT2D eigenvalue weighted by atomic mass is 16.5. The van der Waals surface area contributed by atoms with Crippen molar-refractivity contribution in [1.82, 2.24) is 5.32 Å². The number of aryl methyl sites for hydroxylation is 1. The van der Waals surface area contributed by atoms with Crippen LogP contribution in [-0.2, 0) is 4.79 Å². The topological polar surface area (TPSA) is 56.8 Å². The molecule has 0 radical (unpaired) electrons. The van der Waals surface area contributed by atoms with Crippen molar-refractivity contribution in [2.75, 3.05) is 14.2 Å². The van der Waals surface area contributed by atoms with Gasteiger partial charge in [0.25, 0.3) is 5.91 Å². The number of hydrogen-bond donors (Lipinski definition) is 1. The van der Waals surface area contributed by atoms with Crippen molar-refractivity contribution in [3.8, 4) is 17.2 Å². The van der Waals surface area contributed by atoms with Gasteiger partial charge in [0.05, 0.1) is 20.3 Å². The van der Waals surface area contributed by atoms with Crippen molar-refractivity contribution in [1.29, 1.82) is 0 Å². The van der Waals surface area contributed by atoms with Crippen LogP contribution in [-0.4, -0.2) is 26.2 Å². The lowest BCUT2D eigenvalue weighted by molar-refractivity contribution is -0.128. The number of amides is 1. The summed E-state index contributed by atoms with van der Waals surface area (Å²) in [5.74, 6) is 1.97. The third-order valence-electron chi connectivity index (χ3n) is 4.27. The van der Waals surface area contributed by atoms with E-state index >= 15 is 0 Å². The van der Waals surface area contributed by atoms with Crippen LogP contribution in [0, 0.1) is 6.92 Å². The quantitative estimate of drug-likeness (QED) is 0.774. The lowest BCUT2D eigenvalue weighted by Gasteiger charge is -2.22. The second-order valence-electron chi connectivity index (χ2n) is 6.14. The number of carbonyl (C=O) groups is 1. The van der Waals surface area contributed by atoms with Crippen molar-refractivity contribution in [3.05, 3.63) is 53.6 Å². The van der Waals surface area contributed by atoms with Crippen LogP contribution >= 0.6 is 0 Å². The fourth-order valence-electron chi connectivity index (χ4n) is 2.76. The van der Waals surface area contributed by atoms with Gasteiger partial charge in [-0.25, -0.2) is 0 Å². The first-order chi connectivity index (χ1) is 12.5. The van der Waals surface area contributed by atoms with Gasteiger partial charge in [-0.2, -0.15) is 0 Å². The molecule has 5 nitrogen and oxygen atoms in total. The largest absolute Gasteiger partial charge is 0.497 e. The molecule has 0 saturated carbocycles. The Bertz CT molecular complexity index is 745. The fraction of sp³-hybridized carbons (Fsp3) is 0.381. The monoisotopic (exact) mass is 357 g/mol. The van der Waals surface area contributed by atoms with Crippen LogP contribution in [0.1, 0.15) is 37.4 Å². The van der Waals surface area contributed by atoms with Gasteiger partial charge in [0.15, 0.2) is 6.10 Å². The molecule has 2 aromatic rings. The van der Waals surface area contributed by atoms with E-state index in [-0.39, 0.29) is 11.9 Å². The van der Waals surface area contributed by atoms with Crippen LogP contribution in [0.5, 0.6) is 17.2 Å². The molecule has 0 fully saturated rings. The van der Waals surface area contributed by atoms with E-state index in [4.69, 9.17) is 14.2 Å². The minimum absolute atomic E-state index is 0.0801. The minimum Gasteiger partial charge on any atom is -0.497 e. The first kappa shape index (κ1) is 19.6. The second kappa shape index (κ2) is 9.13. The van der Waals surface area contributed by atoms with Crippen molar-refractivity contribution in [2.24, 2.45) is 0 Å². The van der Waals surface area contributed by atoms with Gasteiger partial charge in [-0.05, 0) is 49.6 Å². The Morgan fingerprint density at radius 3 is 2.42 bits per heavy atom. The molecule has 0 aliphatic rings. The average Bonchev–Trinajstić information content (AvgIpc) is 2.65. The summed E-state index contributed by atoms with van der Waals surface area (Å²) in [5, 5.41) is 3.06. The highest BCUT2D eigenvalue weighted by Gasteiger charge is 2.20. The van der Waals surface area contributed by atoms with E-state index in [0.29, 0.717) is 11.5 Å². The lowest BCUT2D eigenvalue weighted by atomic mass is 10.0. The molecule has 0 saturated heterocycles. The maximum Gasteiger partial charge on any atom is 0.261 e. The van der Waals surface area contributed by atoms with Crippen LogP contribution in [0.4, 0.5) is 0 Å². The van der Waals surface area contributed by atoms with Gasteiger partial charge < -0.3 is 19.5 Å². The fourth-order valence-corrected chi connectivity index (χ4v) is 2.76. The predicted octanol–water partition coefficient (Wildman–Crippen LogP) is 4.05. The Balaban J connectivity index is 2.04. The summed E-state index contributed by atoms with van der Waals surface area (Å²) in [4.78, 5) is 12.6. The van der Waals surface area contributed by atoms with E-state index in [9.17, 15) is 4.79 Å². The van der Waals surface area contributed by atoms with Crippen molar-refractivity contribution < 1.29 is 19.0 Å². The van der Waals surface area contributed by atoms with Crippen LogP contribution < -0.4 is 19.5 Å². The zero-order chi connectivity index (χ0) is 19.1. The summed E-state index contributed by atoms with van der Waals surface area (Å²) < 4.78 is 16.2. The number of benzene rings is 2. The SMILES string of the molecule is CC[C@@H](NC(=O)[C@@H](C)Oc1cccc(OC)c1)c1ccc(OC)c(C)c1. The van der Waals surface area contributed by atoms with Crippen LogP contribution in [0.25, 0.3) is 0 Å². The Hall–Kier alpha value is -2.69. The Labute approximate surface area is 155 Å². The first-order valence-electron chi connectivity index (χ1n) is 8.74. The molecule has 0 heterocycles. The van der Waals surface area contributed by atoms with Crippen molar-refractivity contribution in [2.45, 2.75) is 39.3 Å². The summed E-state index contributed by atoms with van der Waals surface area (Å²) in [7, 11) is 3.25. The maximum absolute atomic E-state index is 12.6. The first-order valence-corrected chi connectivity index (χ1v) is 8.74. The Morgan fingerprint density at radius 1 is 1.08 bits per heavy atom. The second-order valence-corrected chi connectivity index (χ2v) is 6.14. The van der Waals surface area contributed by atoms with Crippen molar-refractivity contribution >= 4 is 5.91 Å². The smallest absolute Gasteiger partial charge is 0.261 e. The number of hydrogen-bond acceptors (Lipinski definition) is 4. The zero-order valence-electron chi connectivity index (χ0n) is 16.0. The minimum atomic E-state index is -0.615. The molecule has 5 heteroatoms. The van der Waals surface area contributed by atoms with Crippen LogP contribution in [0.15, 0.2) is 42.5 Å². The third-order valence-corrected chi connectivity index (χ3v) is 4.27. The highest BCUT2D eigenvalue weighted by molar-refractivity contribution is 5.81. The highest BCUT2D eigenvalue weighted by Crippen LogP contribution is 2.25. The van der Waals surface area contributed by atoms with Crippen molar-refractivity contribution in [3.63, 3.8) is 0 Å². The zero-order valence-corrected chi connectivity index (χ0v) is 16.0. The molecule has 0 aromatic heterocycles. The molecule has 0 unspecified atom stereocenters. The van der Waals surface area contributed by atoms with E-state index in [1.165, 1.54) is 0 Å². The molecule has 1 amide bonds. The molecule has 0 bridgehead atoms. The van der Waals surface area contributed by atoms with Gasteiger partial charge in [-0.15, -0.1) is 0 Å². The summed E-state index contributed by atoms with van der Waals surface area (Å²) in [5.41, 5.74) is 2.09. The number of nitrogens with one attached hydrogen (secondary N) is 1. The maximum atomic E-state index is 12.6. The number of rotatable bonds is 8. The number of methoxy groups -OCH3 is 2. The normalized spacial score (nSPS) is 12.8. The number of ether oxygens (including phenoxy) is 3. The van der Waals surface area contributed by atoms with Gasteiger partial charge in [-0.1, -0.05) is 25.1 Å². The van der Waals surface area contributed by atoms with E-state index < -0.39 is 6.10 Å². The van der Waals surface area contributed by atoms with Crippen LogP contribution in [0.3, 0.4) is 0 Å². The Morgan fingerprint density at radius 2 is 1.81 bits per heavy atom. The molecular formula is C21H27NO4. The van der Waals surface area contributed by atoms with E-state index in [2.05, 4.69) is 5.32 Å². The molecule has 0 spiro atoms. The summed E-state index contributed by atoms with van der Waals surface area (Å²) in [6, 6.07) is 13.1. The van der Waals surface area contributed by atoms with E-state index in [0.717, 1.165) is 23.3 Å². The summed E-state index contributed by atoms with van der Waals surface area (Å²) >= 11 is 0. The molecule has 2 aromatic carbocycles. The standard InChI is InChI=1S/C21H27NO4/c1-6-19(16-10-11-20(25-5)14(2)12-16)22-21(23)15(3)26-18-9-7-8-17(13-18)24-4/h7-13,15,19H,6H2,1-5H3,(H,22,23)/t15-,19-/m1/s1. The van der Waals surface area contributed by atoms with Gasteiger partial charge in [-0.3, -0.25) is 4.79 Å².